The normalized spacial score (nSPS) is 9.62. The van der Waals surface area contributed by atoms with E-state index in [0.29, 0.717) is 17.9 Å². The van der Waals surface area contributed by atoms with Crippen LogP contribution >= 0.6 is 0 Å². The standard InChI is InChI=1S/C9H11N3O/c1-4-7-9(10-3)11-6-12(7)8(13)5-2/h4,6H,1,3,5H2,2H3. The van der Waals surface area contributed by atoms with Gasteiger partial charge >= 0.3 is 0 Å². The van der Waals surface area contributed by atoms with Crippen LogP contribution in [0.2, 0.25) is 0 Å². The van der Waals surface area contributed by atoms with Crippen LogP contribution in [-0.2, 0) is 0 Å². The van der Waals surface area contributed by atoms with Crippen LogP contribution in [0, 0.1) is 0 Å². The van der Waals surface area contributed by atoms with Gasteiger partial charge in [-0.05, 0) is 12.8 Å². The second-order valence-corrected chi connectivity index (χ2v) is 2.43. The van der Waals surface area contributed by atoms with E-state index in [1.54, 1.807) is 13.0 Å². The summed E-state index contributed by atoms with van der Waals surface area (Å²) >= 11 is 0. The third kappa shape index (κ3) is 1.56. The van der Waals surface area contributed by atoms with Crippen molar-refractivity contribution in [1.82, 2.24) is 9.55 Å². The summed E-state index contributed by atoms with van der Waals surface area (Å²) in [7, 11) is 0. The zero-order valence-corrected chi connectivity index (χ0v) is 7.53. The lowest BCUT2D eigenvalue weighted by molar-refractivity contribution is 0.0908. The van der Waals surface area contributed by atoms with Gasteiger partial charge in [0.2, 0.25) is 5.91 Å². The van der Waals surface area contributed by atoms with E-state index < -0.39 is 0 Å². The molecular formula is C9H11N3O. The Balaban J connectivity index is 3.22. The number of aliphatic imine (C=N–C) groups is 1. The zero-order chi connectivity index (χ0) is 9.84. The molecular weight excluding hydrogens is 166 g/mol. The Morgan fingerprint density at radius 3 is 3.00 bits per heavy atom. The van der Waals surface area contributed by atoms with E-state index in [9.17, 15) is 4.79 Å². The smallest absolute Gasteiger partial charge is 0.232 e. The highest BCUT2D eigenvalue weighted by atomic mass is 16.2. The fraction of sp³-hybridized carbons (Fsp3) is 0.222. The van der Waals surface area contributed by atoms with Gasteiger partial charge in [-0.2, -0.15) is 0 Å². The number of rotatable bonds is 3. The Labute approximate surface area is 76.6 Å². The zero-order valence-electron chi connectivity index (χ0n) is 7.53. The van der Waals surface area contributed by atoms with Crippen molar-refractivity contribution < 1.29 is 4.79 Å². The summed E-state index contributed by atoms with van der Waals surface area (Å²) in [5.41, 5.74) is 0.599. The molecule has 0 aromatic carbocycles. The molecule has 13 heavy (non-hydrogen) atoms. The number of imidazole rings is 1. The number of carbonyl (C=O) groups excluding carboxylic acids is 1. The Hall–Kier alpha value is -1.71. The Morgan fingerprint density at radius 1 is 1.85 bits per heavy atom. The van der Waals surface area contributed by atoms with E-state index in [-0.39, 0.29) is 5.91 Å². The van der Waals surface area contributed by atoms with Gasteiger partial charge in [-0.1, -0.05) is 13.5 Å². The first-order valence-electron chi connectivity index (χ1n) is 3.94. The predicted molar refractivity (Wildman–Crippen MR) is 52.4 cm³/mol. The second-order valence-electron chi connectivity index (χ2n) is 2.43. The van der Waals surface area contributed by atoms with Crippen molar-refractivity contribution in [3.05, 3.63) is 18.6 Å². The van der Waals surface area contributed by atoms with Crippen LogP contribution in [0.3, 0.4) is 0 Å². The number of carbonyl (C=O) groups is 1. The highest BCUT2D eigenvalue weighted by Crippen LogP contribution is 2.17. The summed E-state index contributed by atoms with van der Waals surface area (Å²) in [6.07, 6.45) is 3.41. The maximum absolute atomic E-state index is 11.3. The van der Waals surface area contributed by atoms with Gasteiger partial charge in [-0.25, -0.2) is 9.98 Å². The van der Waals surface area contributed by atoms with E-state index in [1.807, 2.05) is 0 Å². The molecule has 0 aliphatic rings. The summed E-state index contributed by atoms with van der Waals surface area (Å²) < 4.78 is 1.43. The lowest BCUT2D eigenvalue weighted by Gasteiger charge is -2.00. The van der Waals surface area contributed by atoms with Crippen LogP contribution in [0.5, 0.6) is 0 Å². The molecule has 4 nitrogen and oxygen atoms in total. The molecule has 1 rings (SSSR count). The molecule has 0 N–H and O–H groups in total. The number of nitrogens with zero attached hydrogens (tertiary/aromatic N) is 3. The minimum atomic E-state index is -0.0303. The van der Waals surface area contributed by atoms with Gasteiger partial charge in [0, 0.05) is 6.42 Å². The van der Waals surface area contributed by atoms with E-state index >= 15 is 0 Å². The SMILES string of the molecule is C=Cc1c(N=C)ncn1C(=O)CC. The molecule has 0 amide bonds. The van der Waals surface area contributed by atoms with Crippen molar-refractivity contribution in [2.45, 2.75) is 13.3 Å². The largest absolute Gasteiger partial charge is 0.274 e. The van der Waals surface area contributed by atoms with Gasteiger partial charge in [0.05, 0.1) is 5.69 Å². The molecule has 1 heterocycles. The van der Waals surface area contributed by atoms with Crippen LogP contribution < -0.4 is 0 Å². The topological polar surface area (TPSA) is 47.2 Å². The van der Waals surface area contributed by atoms with Crippen molar-refractivity contribution in [1.29, 1.82) is 0 Å². The molecule has 0 aliphatic heterocycles. The molecule has 0 spiro atoms. The highest BCUT2D eigenvalue weighted by molar-refractivity contribution is 5.82. The first-order valence-corrected chi connectivity index (χ1v) is 3.94. The van der Waals surface area contributed by atoms with Gasteiger partial charge in [-0.15, -0.1) is 0 Å². The lowest BCUT2D eigenvalue weighted by Crippen LogP contribution is -2.08. The number of aromatic nitrogens is 2. The average Bonchev–Trinajstić information content (AvgIpc) is 2.58. The van der Waals surface area contributed by atoms with Gasteiger partial charge in [-0.3, -0.25) is 9.36 Å². The molecule has 0 saturated carbocycles. The van der Waals surface area contributed by atoms with Crippen LogP contribution in [0.1, 0.15) is 23.8 Å². The van der Waals surface area contributed by atoms with Crippen molar-refractivity contribution >= 4 is 24.5 Å². The van der Waals surface area contributed by atoms with Crippen LogP contribution in [0.15, 0.2) is 17.9 Å². The minimum Gasteiger partial charge on any atom is -0.274 e. The fourth-order valence-corrected chi connectivity index (χ4v) is 1.03. The first-order chi connectivity index (χ1) is 6.24. The fourth-order valence-electron chi connectivity index (χ4n) is 1.03. The van der Waals surface area contributed by atoms with E-state index in [4.69, 9.17) is 0 Å². The van der Waals surface area contributed by atoms with Gasteiger partial charge in [0.25, 0.3) is 0 Å². The second kappa shape index (κ2) is 3.80. The number of hydrogen-bond donors (Lipinski definition) is 0. The summed E-state index contributed by atoms with van der Waals surface area (Å²) in [5, 5.41) is 0. The molecule has 0 bridgehead atoms. The Bertz CT molecular complexity index is 352. The van der Waals surface area contributed by atoms with Crippen molar-refractivity contribution in [3.63, 3.8) is 0 Å². The van der Waals surface area contributed by atoms with Gasteiger partial charge < -0.3 is 0 Å². The summed E-state index contributed by atoms with van der Waals surface area (Å²) in [4.78, 5) is 18.9. The third-order valence-electron chi connectivity index (χ3n) is 1.70. The molecule has 0 unspecified atom stereocenters. The van der Waals surface area contributed by atoms with Crippen LogP contribution in [-0.4, -0.2) is 22.2 Å². The highest BCUT2D eigenvalue weighted by Gasteiger charge is 2.10. The Morgan fingerprint density at radius 2 is 2.54 bits per heavy atom. The van der Waals surface area contributed by atoms with E-state index in [2.05, 4.69) is 23.3 Å². The van der Waals surface area contributed by atoms with Crippen molar-refractivity contribution in [3.8, 4) is 0 Å². The summed E-state index contributed by atoms with van der Waals surface area (Å²) in [6, 6.07) is 0. The number of hydrogen-bond acceptors (Lipinski definition) is 3. The molecule has 0 atom stereocenters. The molecule has 1 aromatic rings. The first kappa shape index (κ1) is 9.38. The van der Waals surface area contributed by atoms with E-state index in [1.165, 1.54) is 10.9 Å². The van der Waals surface area contributed by atoms with Crippen molar-refractivity contribution in [2.24, 2.45) is 4.99 Å². The van der Waals surface area contributed by atoms with Crippen LogP contribution in [0.25, 0.3) is 6.08 Å². The Kier molecular flexibility index (Phi) is 2.74. The molecule has 68 valence electrons. The third-order valence-corrected chi connectivity index (χ3v) is 1.70. The molecule has 0 saturated heterocycles. The average molecular weight is 177 g/mol. The predicted octanol–water partition coefficient (Wildman–Crippen LogP) is 1.91. The maximum atomic E-state index is 11.3. The molecule has 1 aromatic heterocycles. The molecule has 4 heteroatoms. The molecule has 0 aliphatic carbocycles. The summed E-state index contributed by atoms with van der Waals surface area (Å²) in [5.74, 6) is 0.411. The minimum absolute atomic E-state index is 0.0303. The monoisotopic (exact) mass is 177 g/mol. The van der Waals surface area contributed by atoms with Crippen LogP contribution in [0.4, 0.5) is 5.82 Å². The quantitative estimate of drug-likeness (QED) is 0.662. The summed E-state index contributed by atoms with van der Waals surface area (Å²) in [6.45, 7) is 8.73. The lowest BCUT2D eigenvalue weighted by atomic mass is 10.4. The van der Waals surface area contributed by atoms with E-state index in [0.717, 1.165) is 0 Å². The van der Waals surface area contributed by atoms with Gasteiger partial charge in [0.15, 0.2) is 5.82 Å². The van der Waals surface area contributed by atoms with Crippen molar-refractivity contribution in [2.75, 3.05) is 0 Å². The van der Waals surface area contributed by atoms with Gasteiger partial charge in [0.1, 0.15) is 6.33 Å². The molecule has 0 radical (unpaired) electrons. The maximum Gasteiger partial charge on any atom is 0.232 e. The molecule has 0 fully saturated rings.